The molecule has 0 bridgehead atoms. The van der Waals surface area contributed by atoms with Crippen LogP contribution in [0.25, 0.3) is 0 Å². The Morgan fingerprint density at radius 3 is 2.92 bits per heavy atom. The van der Waals surface area contributed by atoms with Crippen molar-refractivity contribution in [3.8, 4) is 0 Å². The van der Waals surface area contributed by atoms with E-state index in [1.54, 1.807) is 0 Å². The van der Waals surface area contributed by atoms with E-state index in [2.05, 4.69) is 16.3 Å². The molecule has 0 saturated heterocycles. The summed E-state index contributed by atoms with van der Waals surface area (Å²) in [5.41, 5.74) is 0. The fourth-order valence-corrected chi connectivity index (χ4v) is 1.08. The molecule has 0 fully saturated rings. The summed E-state index contributed by atoms with van der Waals surface area (Å²) in [6.45, 7) is 2.20. The maximum absolute atomic E-state index is 10.6. The lowest BCUT2D eigenvalue weighted by Crippen LogP contribution is -2.38. The van der Waals surface area contributed by atoms with Crippen molar-refractivity contribution in [1.29, 1.82) is 0 Å². The summed E-state index contributed by atoms with van der Waals surface area (Å²) in [5, 5.41) is 2.78. The summed E-state index contributed by atoms with van der Waals surface area (Å²) >= 11 is 0. The minimum Gasteiger partial charge on any atom is -0.372 e. The van der Waals surface area contributed by atoms with E-state index in [9.17, 15) is 4.79 Å². The lowest BCUT2D eigenvalue weighted by atomic mass is 10.2. The summed E-state index contributed by atoms with van der Waals surface area (Å²) in [7, 11) is 1.99. The van der Waals surface area contributed by atoms with Gasteiger partial charge in [0.05, 0.1) is 6.04 Å². The van der Waals surface area contributed by atoms with E-state index in [0.717, 1.165) is 0 Å². The van der Waals surface area contributed by atoms with Gasteiger partial charge in [-0.25, -0.2) is 0 Å². The van der Waals surface area contributed by atoms with Crippen LogP contribution in [0.5, 0.6) is 0 Å². The third-order valence-electron chi connectivity index (χ3n) is 1.85. The van der Waals surface area contributed by atoms with Gasteiger partial charge >= 0.3 is 0 Å². The van der Waals surface area contributed by atoms with Gasteiger partial charge in [0.2, 0.25) is 5.91 Å². The highest BCUT2D eigenvalue weighted by Crippen LogP contribution is 2.03. The number of carbonyl (C=O) groups excluding carboxylic acids is 1. The molecular weight excluding hydrogens is 152 g/mol. The van der Waals surface area contributed by atoms with Crippen molar-refractivity contribution in [3.63, 3.8) is 0 Å². The number of nitrogens with zero attached hydrogens (tertiary/aromatic N) is 1. The van der Waals surface area contributed by atoms with Crippen LogP contribution >= 0.6 is 0 Å². The first-order valence-corrected chi connectivity index (χ1v) is 4.01. The molecule has 12 heavy (non-hydrogen) atoms. The highest BCUT2D eigenvalue weighted by atomic mass is 16.1. The number of carbonyl (C=O) groups is 1. The van der Waals surface area contributed by atoms with Gasteiger partial charge in [0.25, 0.3) is 0 Å². The average molecular weight is 166 g/mol. The molecule has 1 aliphatic heterocycles. The van der Waals surface area contributed by atoms with Gasteiger partial charge in [-0.05, 0) is 12.3 Å². The summed E-state index contributed by atoms with van der Waals surface area (Å²) in [6.07, 6.45) is 8.03. The molecule has 0 aliphatic carbocycles. The molecule has 0 aromatic carbocycles. The van der Waals surface area contributed by atoms with Crippen molar-refractivity contribution >= 4 is 5.91 Å². The largest absolute Gasteiger partial charge is 0.372 e. The van der Waals surface area contributed by atoms with E-state index in [0.29, 0.717) is 12.6 Å². The van der Waals surface area contributed by atoms with E-state index >= 15 is 0 Å². The minimum absolute atomic E-state index is 0.0198. The van der Waals surface area contributed by atoms with Gasteiger partial charge in [-0.15, -0.1) is 0 Å². The first-order chi connectivity index (χ1) is 5.70. The highest BCUT2D eigenvalue weighted by Gasteiger charge is 2.09. The Balaban J connectivity index is 2.37. The Kier molecular flexibility index (Phi) is 2.91. The van der Waals surface area contributed by atoms with E-state index < -0.39 is 0 Å². The lowest BCUT2D eigenvalue weighted by molar-refractivity contribution is -0.119. The maximum Gasteiger partial charge on any atom is 0.216 e. The van der Waals surface area contributed by atoms with Crippen LogP contribution < -0.4 is 5.32 Å². The molecular formula is C9H14N2O. The molecule has 0 aromatic heterocycles. The van der Waals surface area contributed by atoms with Crippen molar-refractivity contribution in [2.75, 3.05) is 13.6 Å². The van der Waals surface area contributed by atoms with Crippen LogP contribution in [0.1, 0.15) is 6.92 Å². The molecule has 1 N–H and O–H groups in total. The maximum atomic E-state index is 10.6. The predicted molar refractivity (Wildman–Crippen MR) is 48.5 cm³/mol. The van der Waals surface area contributed by atoms with Crippen LogP contribution in [-0.4, -0.2) is 30.4 Å². The van der Waals surface area contributed by atoms with Crippen molar-refractivity contribution in [1.82, 2.24) is 10.2 Å². The average Bonchev–Trinajstić information content (AvgIpc) is 2.03. The normalized spacial score (nSPS) is 21.2. The van der Waals surface area contributed by atoms with Gasteiger partial charge in [-0.2, -0.15) is 0 Å². The molecule has 1 atom stereocenters. The number of allylic oxidation sites excluding steroid dienone is 2. The molecule has 0 aromatic rings. The second kappa shape index (κ2) is 3.95. The molecule has 1 heterocycles. The quantitative estimate of drug-likeness (QED) is 0.648. The standard InChI is InChI=1S/C9H14N2O/c1-8(12)10-7-9-5-3-4-6-11(9)2/h3-6,9H,7H2,1-2H3,(H,10,12). The second-order valence-electron chi connectivity index (χ2n) is 2.90. The fraction of sp³-hybridized carbons (Fsp3) is 0.444. The van der Waals surface area contributed by atoms with Crippen LogP contribution in [0.2, 0.25) is 0 Å². The van der Waals surface area contributed by atoms with Gasteiger partial charge in [-0.3, -0.25) is 4.79 Å². The van der Waals surface area contributed by atoms with Gasteiger partial charge in [0.1, 0.15) is 0 Å². The third kappa shape index (κ3) is 2.42. The second-order valence-corrected chi connectivity index (χ2v) is 2.90. The summed E-state index contributed by atoms with van der Waals surface area (Å²) in [4.78, 5) is 12.7. The topological polar surface area (TPSA) is 32.3 Å². The van der Waals surface area contributed by atoms with Crippen LogP contribution in [0, 0.1) is 0 Å². The molecule has 3 heteroatoms. The number of hydrogen-bond donors (Lipinski definition) is 1. The van der Waals surface area contributed by atoms with E-state index in [-0.39, 0.29) is 5.91 Å². The van der Waals surface area contributed by atoms with Gasteiger partial charge in [0, 0.05) is 20.5 Å². The summed E-state index contributed by atoms with van der Waals surface area (Å²) < 4.78 is 0. The smallest absolute Gasteiger partial charge is 0.216 e. The summed E-state index contributed by atoms with van der Waals surface area (Å²) in [5.74, 6) is 0.0198. The first kappa shape index (κ1) is 8.84. The fourth-order valence-electron chi connectivity index (χ4n) is 1.08. The SMILES string of the molecule is CC(=O)NCC1C=CC=CN1C. The summed E-state index contributed by atoms with van der Waals surface area (Å²) in [6, 6.07) is 0.291. The molecule has 0 spiro atoms. The molecule has 0 radical (unpaired) electrons. The van der Waals surface area contributed by atoms with Gasteiger partial charge < -0.3 is 10.2 Å². The Hall–Kier alpha value is -1.25. The van der Waals surface area contributed by atoms with Crippen molar-refractivity contribution in [2.24, 2.45) is 0 Å². The van der Waals surface area contributed by atoms with Crippen molar-refractivity contribution in [3.05, 3.63) is 24.4 Å². The van der Waals surface area contributed by atoms with Gasteiger partial charge in [-0.1, -0.05) is 12.2 Å². The van der Waals surface area contributed by atoms with Gasteiger partial charge in [0.15, 0.2) is 0 Å². The molecule has 1 aliphatic rings. The van der Waals surface area contributed by atoms with E-state index in [4.69, 9.17) is 0 Å². The molecule has 66 valence electrons. The van der Waals surface area contributed by atoms with Crippen LogP contribution in [-0.2, 0) is 4.79 Å². The Bertz CT molecular complexity index is 221. The molecule has 0 saturated carbocycles. The van der Waals surface area contributed by atoms with Crippen LogP contribution in [0.15, 0.2) is 24.4 Å². The number of rotatable bonds is 2. The molecule has 1 rings (SSSR count). The lowest BCUT2D eigenvalue weighted by Gasteiger charge is -2.25. The highest BCUT2D eigenvalue weighted by molar-refractivity contribution is 5.72. The zero-order valence-electron chi connectivity index (χ0n) is 7.45. The zero-order chi connectivity index (χ0) is 8.97. The molecule has 1 amide bonds. The Labute approximate surface area is 72.7 Å². The number of amides is 1. The number of hydrogen-bond acceptors (Lipinski definition) is 2. The van der Waals surface area contributed by atoms with E-state index in [1.165, 1.54) is 6.92 Å². The van der Waals surface area contributed by atoms with Crippen molar-refractivity contribution < 1.29 is 4.79 Å². The van der Waals surface area contributed by atoms with Crippen LogP contribution in [0.3, 0.4) is 0 Å². The third-order valence-corrected chi connectivity index (χ3v) is 1.85. The monoisotopic (exact) mass is 166 g/mol. The molecule has 1 unspecified atom stereocenters. The van der Waals surface area contributed by atoms with Crippen LogP contribution in [0.4, 0.5) is 0 Å². The number of likely N-dealkylation sites (N-methyl/N-ethyl adjacent to an activating group) is 1. The first-order valence-electron chi connectivity index (χ1n) is 4.01. The Morgan fingerprint density at radius 1 is 1.58 bits per heavy atom. The predicted octanol–water partition coefficient (Wildman–Crippen LogP) is 0.506. The Morgan fingerprint density at radius 2 is 2.33 bits per heavy atom. The van der Waals surface area contributed by atoms with Crippen molar-refractivity contribution in [2.45, 2.75) is 13.0 Å². The minimum atomic E-state index is 0.0198. The zero-order valence-corrected chi connectivity index (χ0v) is 7.45. The van der Waals surface area contributed by atoms with E-state index in [1.807, 2.05) is 25.4 Å². The molecule has 3 nitrogen and oxygen atoms in total. The number of nitrogens with one attached hydrogen (secondary N) is 1.